The molecule has 0 spiro atoms. The molecule has 3 heteroatoms. The Bertz CT molecular complexity index is 371. The molecule has 0 aromatic heterocycles. The van der Waals surface area contributed by atoms with Crippen molar-refractivity contribution in [2.24, 2.45) is 10.7 Å². The van der Waals surface area contributed by atoms with Crippen LogP contribution in [0.25, 0.3) is 0 Å². The number of aliphatic imine (C=N–C) groups is 1. The number of benzene rings is 1. The van der Waals surface area contributed by atoms with Gasteiger partial charge in [0.1, 0.15) is 0 Å². The first-order chi connectivity index (χ1) is 7.36. The number of hydrogen-bond acceptors (Lipinski definition) is 1. The van der Waals surface area contributed by atoms with Crippen LogP contribution in [0.3, 0.4) is 0 Å². The molecule has 0 atom stereocenters. The summed E-state index contributed by atoms with van der Waals surface area (Å²) in [5.74, 6) is 0.517. The third kappa shape index (κ3) is 2.75. The lowest BCUT2D eigenvalue weighted by atomic mass is 9.87. The minimum atomic E-state index is 0.182. The zero-order valence-electron chi connectivity index (χ0n) is 10.8. The van der Waals surface area contributed by atoms with Gasteiger partial charge in [0.05, 0.1) is 0 Å². The topological polar surface area (TPSA) is 41.6 Å². The fraction of sp³-hybridized carbons (Fsp3) is 0.462. The van der Waals surface area contributed by atoms with Gasteiger partial charge in [-0.2, -0.15) is 0 Å². The molecule has 1 aromatic rings. The molecule has 0 unspecified atom stereocenters. The van der Waals surface area contributed by atoms with Crippen LogP contribution >= 0.6 is 0 Å². The zero-order valence-corrected chi connectivity index (χ0v) is 10.8. The van der Waals surface area contributed by atoms with Crippen LogP contribution in [-0.4, -0.2) is 20.1 Å². The molecule has 0 aliphatic rings. The van der Waals surface area contributed by atoms with Crippen molar-refractivity contribution in [1.29, 1.82) is 0 Å². The zero-order chi connectivity index (χ0) is 12.3. The summed E-state index contributed by atoms with van der Waals surface area (Å²) >= 11 is 0. The molecule has 0 saturated heterocycles. The second-order valence-corrected chi connectivity index (χ2v) is 4.94. The summed E-state index contributed by atoms with van der Waals surface area (Å²) in [7, 11) is 3.60. The first-order valence-electron chi connectivity index (χ1n) is 5.43. The van der Waals surface area contributed by atoms with Crippen molar-refractivity contribution in [2.45, 2.75) is 26.2 Å². The number of nitrogens with two attached hydrogens (primary N) is 1. The Balaban J connectivity index is 2.96. The lowest BCUT2D eigenvalue weighted by Crippen LogP contribution is -2.33. The van der Waals surface area contributed by atoms with Crippen LogP contribution in [0, 0.1) is 0 Å². The van der Waals surface area contributed by atoms with E-state index in [1.807, 2.05) is 11.9 Å². The van der Waals surface area contributed by atoms with Gasteiger partial charge >= 0.3 is 0 Å². The van der Waals surface area contributed by atoms with E-state index in [0.717, 1.165) is 5.69 Å². The van der Waals surface area contributed by atoms with Gasteiger partial charge in [0.2, 0.25) is 0 Å². The number of nitrogens with zero attached hydrogens (tertiary/aromatic N) is 2. The van der Waals surface area contributed by atoms with Crippen LogP contribution in [0.15, 0.2) is 29.3 Å². The second kappa shape index (κ2) is 4.56. The molecule has 0 bridgehead atoms. The van der Waals surface area contributed by atoms with E-state index in [4.69, 9.17) is 5.73 Å². The first kappa shape index (κ1) is 12.6. The Labute approximate surface area is 98.0 Å². The predicted octanol–water partition coefficient (Wildman–Crippen LogP) is 2.36. The van der Waals surface area contributed by atoms with Crippen molar-refractivity contribution >= 4 is 11.6 Å². The maximum absolute atomic E-state index is 5.75. The van der Waals surface area contributed by atoms with Gasteiger partial charge in [-0.15, -0.1) is 0 Å². The van der Waals surface area contributed by atoms with E-state index in [1.54, 1.807) is 7.05 Å². The van der Waals surface area contributed by atoms with Gasteiger partial charge in [-0.3, -0.25) is 4.99 Å². The molecule has 16 heavy (non-hydrogen) atoms. The normalized spacial score (nSPS) is 12.7. The largest absolute Gasteiger partial charge is 0.370 e. The van der Waals surface area contributed by atoms with E-state index in [1.165, 1.54) is 5.56 Å². The summed E-state index contributed by atoms with van der Waals surface area (Å²) in [4.78, 5) is 5.82. The smallest absolute Gasteiger partial charge is 0.195 e. The average molecular weight is 219 g/mol. The van der Waals surface area contributed by atoms with E-state index in [2.05, 4.69) is 50.0 Å². The minimum absolute atomic E-state index is 0.182. The highest BCUT2D eigenvalue weighted by molar-refractivity contribution is 5.94. The van der Waals surface area contributed by atoms with Gasteiger partial charge in [-0.25, -0.2) is 0 Å². The molecule has 1 rings (SSSR count). The minimum Gasteiger partial charge on any atom is -0.370 e. The third-order valence-electron chi connectivity index (χ3n) is 2.69. The Kier molecular flexibility index (Phi) is 3.58. The molecular formula is C13H21N3. The molecule has 2 N–H and O–H groups in total. The SMILES string of the molecule is CN=C(N)N(C)c1ccc(C(C)(C)C)cc1. The molecular weight excluding hydrogens is 198 g/mol. The average Bonchev–Trinajstić information content (AvgIpc) is 2.26. The Hall–Kier alpha value is -1.51. The quantitative estimate of drug-likeness (QED) is 0.582. The molecule has 0 heterocycles. The summed E-state index contributed by atoms with van der Waals surface area (Å²) in [5.41, 5.74) is 8.30. The summed E-state index contributed by atoms with van der Waals surface area (Å²) < 4.78 is 0. The highest BCUT2D eigenvalue weighted by Gasteiger charge is 2.13. The lowest BCUT2D eigenvalue weighted by Gasteiger charge is -2.22. The molecule has 0 amide bonds. The first-order valence-corrected chi connectivity index (χ1v) is 5.43. The van der Waals surface area contributed by atoms with Crippen LogP contribution in [0.1, 0.15) is 26.3 Å². The van der Waals surface area contributed by atoms with Crippen LogP contribution in [0.4, 0.5) is 5.69 Å². The fourth-order valence-corrected chi connectivity index (χ4v) is 1.47. The van der Waals surface area contributed by atoms with Crippen molar-refractivity contribution < 1.29 is 0 Å². The van der Waals surface area contributed by atoms with E-state index >= 15 is 0 Å². The van der Waals surface area contributed by atoms with Crippen molar-refractivity contribution in [3.05, 3.63) is 29.8 Å². The second-order valence-electron chi connectivity index (χ2n) is 4.94. The van der Waals surface area contributed by atoms with E-state index < -0.39 is 0 Å². The number of anilines is 1. The maximum Gasteiger partial charge on any atom is 0.195 e. The Morgan fingerprint density at radius 3 is 2.06 bits per heavy atom. The van der Waals surface area contributed by atoms with E-state index in [9.17, 15) is 0 Å². The predicted molar refractivity (Wildman–Crippen MR) is 71.1 cm³/mol. The summed E-state index contributed by atoms with van der Waals surface area (Å²) in [6, 6.07) is 8.40. The van der Waals surface area contributed by atoms with Crippen molar-refractivity contribution in [3.8, 4) is 0 Å². The number of rotatable bonds is 1. The number of hydrogen-bond donors (Lipinski definition) is 1. The third-order valence-corrected chi connectivity index (χ3v) is 2.69. The summed E-state index contributed by atoms with van der Waals surface area (Å²) in [6.45, 7) is 6.61. The highest BCUT2D eigenvalue weighted by atomic mass is 15.2. The van der Waals surface area contributed by atoms with Crippen LogP contribution in [-0.2, 0) is 5.41 Å². The van der Waals surface area contributed by atoms with Crippen molar-refractivity contribution in [1.82, 2.24) is 0 Å². The van der Waals surface area contributed by atoms with Crippen LogP contribution in [0.2, 0.25) is 0 Å². The van der Waals surface area contributed by atoms with Crippen LogP contribution < -0.4 is 10.6 Å². The van der Waals surface area contributed by atoms with Gasteiger partial charge in [-0.05, 0) is 23.1 Å². The Morgan fingerprint density at radius 1 is 1.19 bits per heavy atom. The standard InChI is InChI=1S/C13H21N3/c1-13(2,3)10-6-8-11(9-7-10)16(5)12(14)15-4/h6-9H,1-5H3,(H2,14,15). The molecule has 88 valence electrons. The van der Waals surface area contributed by atoms with Gasteiger partial charge in [0, 0.05) is 19.8 Å². The molecule has 0 radical (unpaired) electrons. The summed E-state index contributed by atoms with van der Waals surface area (Å²) in [5, 5.41) is 0. The van der Waals surface area contributed by atoms with E-state index in [-0.39, 0.29) is 5.41 Å². The molecule has 3 nitrogen and oxygen atoms in total. The lowest BCUT2D eigenvalue weighted by molar-refractivity contribution is 0.590. The highest BCUT2D eigenvalue weighted by Crippen LogP contribution is 2.24. The van der Waals surface area contributed by atoms with Crippen molar-refractivity contribution in [2.75, 3.05) is 19.0 Å². The van der Waals surface area contributed by atoms with Gasteiger partial charge < -0.3 is 10.6 Å². The summed E-state index contributed by atoms with van der Waals surface area (Å²) in [6.07, 6.45) is 0. The molecule has 0 saturated carbocycles. The Morgan fingerprint density at radius 2 is 1.69 bits per heavy atom. The van der Waals surface area contributed by atoms with Crippen LogP contribution in [0.5, 0.6) is 0 Å². The fourth-order valence-electron chi connectivity index (χ4n) is 1.47. The van der Waals surface area contributed by atoms with Crippen molar-refractivity contribution in [3.63, 3.8) is 0 Å². The molecule has 0 fully saturated rings. The number of guanidine groups is 1. The molecule has 0 aliphatic carbocycles. The van der Waals surface area contributed by atoms with Gasteiger partial charge in [0.15, 0.2) is 5.96 Å². The monoisotopic (exact) mass is 219 g/mol. The van der Waals surface area contributed by atoms with Gasteiger partial charge in [0.25, 0.3) is 0 Å². The maximum atomic E-state index is 5.75. The molecule has 0 aliphatic heterocycles. The van der Waals surface area contributed by atoms with Gasteiger partial charge in [-0.1, -0.05) is 32.9 Å². The van der Waals surface area contributed by atoms with E-state index in [0.29, 0.717) is 5.96 Å². The molecule has 1 aromatic carbocycles.